The SMILES string of the molecule is Cc1nnnn1-c1cc(COC2CCCN(Cc3n[nH]nc3CN(C)C)C2c2ccccc2)c2occc2c1. The highest BCUT2D eigenvalue weighted by Crippen LogP contribution is 2.36. The summed E-state index contributed by atoms with van der Waals surface area (Å²) in [7, 11) is 4.09. The molecule has 0 saturated carbocycles. The smallest absolute Gasteiger partial charge is 0.153 e. The number of tetrazole rings is 1. The first kappa shape index (κ1) is 25.4. The molecule has 0 aliphatic carbocycles. The van der Waals surface area contributed by atoms with E-state index in [0.29, 0.717) is 13.2 Å². The molecule has 1 N–H and O–H groups in total. The molecule has 1 aliphatic rings. The van der Waals surface area contributed by atoms with Crippen LogP contribution in [-0.4, -0.2) is 72.2 Å². The molecule has 0 radical (unpaired) electrons. The largest absolute Gasteiger partial charge is 0.464 e. The zero-order valence-corrected chi connectivity index (χ0v) is 22.5. The Bertz CT molecular complexity index is 1520. The molecule has 0 bridgehead atoms. The minimum absolute atomic E-state index is 0.00575. The number of fused-ring (bicyclic) bond motifs is 1. The molecule has 5 aromatic rings. The Labute approximate surface area is 226 Å². The molecule has 6 rings (SSSR count). The van der Waals surface area contributed by atoms with E-state index in [-0.39, 0.29) is 12.1 Å². The van der Waals surface area contributed by atoms with Gasteiger partial charge in [-0.2, -0.15) is 20.1 Å². The number of H-pyrrole nitrogens is 1. The molecular formula is C28H33N9O2. The van der Waals surface area contributed by atoms with Gasteiger partial charge in [-0.3, -0.25) is 4.90 Å². The maximum Gasteiger partial charge on any atom is 0.153 e. The van der Waals surface area contributed by atoms with Crippen molar-refractivity contribution < 1.29 is 9.15 Å². The van der Waals surface area contributed by atoms with Gasteiger partial charge in [0.1, 0.15) is 17.0 Å². The van der Waals surface area contributed by atoms with Gasteiger partial charge in [0, 0.05) is 24.0 Å². The van der Waals surface area contributed by atoms with Gasteiger partial charge in [-0.15, -0.1) is 5.10 Å². The minimum atomic E-state index is -0.00575. The number of hydrogen-bond acceptors (Lipinski definition) is 9. The van der Waals surface area contributed by atoms with E-state index < -0.39 is 0 Å². The third kappa shape index (κ3) is 5.33. The highest BCUT2D eigenvalue weighted by molar-refractivity contribution is 5.82. The van der Waals surface area contributed by atoms with Gasteiger partial charge in [0.25, 0.3) is 0 Å². The van der Waals surface area contributed by atoms with E-state index in [1.54, 1.807) is 10.9 Å². The van der Waals surface area contributed by atoms with Gasteiger partial charge in [0.15, 0.2) is 5.82 Å². The number of ether oxygens (including phenoxy) is 1. The number of piperidine rings is 1. The summed E-state index contributed by atoms with van der Waals surface area (Å²) in [6.07, 6.45) is 3.71. The second-order valence-electron chi connectivity index (χ2n) is 10.4. The first-order valence-corrected chi connectivity index (χ1v) is 13.3. The number of nitrogens with zero attached hydrogens (tertiary/aromatic N) is 8. The van der Waals surface area contributed by atoms with E-state index in [1.807, 2.05) is 33.2 Å². The van der Waals surface area contributed by atoms with Crippen LogP contribution < -0.4 is 0 Å². The van der Waals surface area contributed by atoms with Gasteiger partial charge >= 0.3 is 0 Å². The molecule has 0 spiro atoms. The summed E-state index contributed by atoms with van der Waals surface area (Å²) < 4.78 is 14.3. The molecule has 1 saturated heterocycles. The van der Waals surface area contributed by atoms with E-state index >= 15 is 0 Å². The number of aryl methyl sites for hydroxylation is 1. The van der Waals surface area contributed by atoms with Crippen LogP contribution in [0.1, 0.15) is 47.2 Å². The van der Waals surface area contributed by atoms with Crippen molar-refractivity contribution in [1.29, 1.82) is 0 Å². The van der Waals surface area contributed by atoms with Crippen molar-refractivity contribution in [3.05, 3.63) is 83.1 Å². The van der Waals surface area contributed by atoms with Crippen molar-refractivity contribution in [3.8, 4) is 5.69 Å². The van der Waals surface area contributed by atoms with Gasteiger partial charge in [-0.25, -0.2) is 0 Å². The van der Waals surface area contributed by atoms with Crippen molar-refractivity contribution in [2.45, 2.75) is 51.6 Å². The number of hydrogen-bond donors (Lipinski definition) is 1. The Hall–Kier alpha value is -3.93. The molecule has 202 valence electrons. The lowest BCUT2D eigenvalue weighted by Gasteiger charge is -2.41. The maximum absolute atomic E-state index is 6.75. The number of furan rings is 1. The summed E-state index contributed by atoms with van der Waals surface area (Å²) in [5.41, 5.74) is 5.87. The molecule has 39 heavy (non-hydrogen) atoms. The van der Waals surface area contributed by atoms with Crippen LogP contribution in [0.3, 0.4) is 0 Å². The second kappa shape index (κ2) is 11.0. The van der Waals surface area contributed by atoms with Gasteiger partial charge in [0.2, 0.25) is 0 Å². The zero-order chi connectivity index (χ0) is 26.8. The van der Waals surface area contributed by atoms with Crippen LogP contribution in [0.4, 0.5) is 0 Å². The van der Waals surface area contributed by atoms with Crippen LogP contribution in [0.15, 0.2) is 59.2 Å². The van der Waals surface area contributed by atoms with Crippen LogP contribution in [0.5, 0.6) is 0 Å². The van der Waals surface area contributed by atoms with Crippen molar-refractivity contribution in [1.82, 2.24) is 45.4 Å². The molecule has 4 heterocycles. The summed E-state index contributed by atoms with van der Waals surface area (Å²) >= 11 is 0. The van der Waals surface area contributed by atoms with Crippen LogP contribution in [0.25, 0.3) is 16.7 Å². The molecule has 2 aromatic carbocycles. The third-order valence-corrected chi connectivity index (χ3v) is 7.28. The Morgan fingerprint density at radius 2 is 1.95 bits per heavy atom. The predicted molar refractivity (Wildman–Crippen MR) is 145 cm³/mol. The summed E-state index contributed by atoms with van der Waals surface area (Å²) in [6, 6.07) is 16.7. The first-order chi connectivity index (χ1) is 19.1. The first-order valence-electron chi connectivity index (χ1n) is 13.3. The lowest BCUT2D eigenvalue weighted by atomic mass is 9.92. The predicted octanol–water partition coefficient (Wildman–Crippen LogP) is 3.82. The third-order valence-electron chi connectivity index (χ3n) is 7.28. The Morgan fingerprint density at radius 3 is 2.74 bits per heavy atom. The zero-order valence-electron chi connectivity index (χ0n) is 22.5. The van der Waals surface area contributed by atoms with Crippen LogP contribution >= 0.6 is 0 Å². The fourth-order valence-corrected chi connectivity index (χ4v) is 5.51. The topological polar surface area (TPSA) is 114 Å². The van der Waals surface area contributed by atoms with Crippen molar-refractivity contribution in [2.24, 2.45) is 0 Å². The number of nitrogens with one attached hydrogen (secondary N) is 1. The van der Waals surface area contributed by atoms with E-state index in [0.717, 1.165) is 65.4 Å². The lowest BCUT2D eigenvalue weighted by molar-refractivity contribution is -0.0556. The number of rotatable bonds is 9. The fraction of sp³-hybridized carbons (Fsp3) is 0.393. The monoisotopic (exact) mass is 527 g/mol. The Kier molecular flexibility index (Phi) is 7.18. The quantitative estimate of drug-likeness (QED) is 0.305. The van der Waals surface area contributed by atoms with Gasteiger partial charge in [-0.1, -0.05) is 30.3 Å². The average molecular weight is 528 g/mol. The van der Waals surface area contributed by atoms with E-state index in [9.17, 15) is 0 Å². The normalized spacial score (nSPS) is 18.4. The number of likely N-dealkylation sites (tertiary alicyclic amines) is 1. The molecule has 0 amide bonds. The highest BCUT2D eigenvalue weighted by Gasteiger charge is 2.34. The van der Waals surface area contributed by atoms with Gasteiger partial charge < -0.3 is 14.1 Å². The number of aromatic nitrogens is 7. The standard InChI is InChI=1S/C28H33N9O2/c1-19-29-33-34-37(19)23-14-21-11-13-38-28(21)22(15-23)18-39-26-10-7-12-36(27(26)20-8-5-4-6-9-20)17-25-24(16-35(2)3)30-32-31-25/h4-6,8-9,11,13-15,26-27H,7,10,12,16-18H2,1-3H3,(H,30,31,32). The van der Waals surface area contributed by atoms with Gasteiger partial charge in [0.05, 0.1) is 30.7 Å². The van der Waals surface area contributed by atoms with Crippen LogP contribution in [0.2, 0.25) is 0 Å². The van der Waals surface area contributed by atoms with E-state index in [4.69, 9.17) is 9.15 Å². The molecule has 1 aliphatic heterocycles. The van der Waals surface area contributed by atoms with Crippen molar-refractivity contribution >= 4 is 11.0 Å². The van der Waals surface area contributed by atoms with Crippen LogP contribution in [-0.2, 0) is 24.4 Å². The Morgan fingerprint density at radius 1 is 1.10 bits per heavy atom. The average Bonchev–Trinajstić information content (AvgIpc) is 3.69. The molecule has 3 aromatic heterocycles. The minimum Gasteiger partial charge on any atom is -0.464 e. The van der Waals surface area contributed by atoms with E-state index in [1.165, 1.54) is 5.56 Å². The van der Waals surface area contributed by atoms with E-state index in [2.05, 4.69) is 77.1 Å². The summed E-state index contributed by atoms with van der Waals surface area (Å²) in [5.74, 6) is 0.721. The highest BCUT2D eigenvalue weighted by atomic mass is 16.5. The van der Waals surface area contributed by atoms with Crippen LogP contribution in [0, 0.1) is 6.92 Å². The van der Waals surface area contributed by atoms with Crippen molar-refractivity contribution in [2.75, 3.05) is 20.6 Å². The number of benzene rings is 2. The lowest BCUT2D eigenvalue weighted by Crippen LogP contribution is -2.42. The summed E-state index contributed by atoms with van der Waals surface area (Å²) in [6.45, 7) is 4.71. The molecular weight excluding hydrogens is 494 g/mol. The molecule has 1 fully saturated rings. The van der Waals surface area contributed by atoms with Crippen molar-refractivity contribution in [3.63, 3.8) is 0 Å². The Balaban J connectivity index is 1.28. The maximum atomic E-state index is 6.75. The number of aromatic amines is 1. The molecule has 11 heteroatoms. The molecule has 2 atom stereocenters. The fourth-order valence-electron chi connectivity index (χ4n) is 5.51. The summed E-state index contributed by atoms with van der Waals surface area (Å²) in [4.78, 5) is 4.59. The second-order valence-corrected chi connectivity index (χ2v) is 10.4. The molecule has 11 nitrogen and oxygen atoms in total. The van der Waals surface area contributed by atoms with Gasteiger partial charge in [-0.05, 0) is 74.6 Å². The summed E-state index contributed by atoms with van der Waals surface area (Å²) in [5, 5.41) is 24.7. The molecule has 2 unspecified atom stereocenters.